The Morgan fingerprint density at radius 2 is 1.66 bits per heavy atom. The van der Waals surface area contributed by atoms with E-state index in [-0.39, 0.29) is 47.4 Å². The monoisotopic (exact) mass is 523 g/mol. The van der Waals surface area contributed by atoms with Crippen molar-refractivity contribution in [2.45, 2.75) is 25.2 Å². The van der Waals surface area contributed by atoms with Crippen LogP contribution in [-0.4, -0.2) is 42.1 Å². The summed E-state index contributed by atoms with van der Waals surface area (Å²) in [7, 11) is 1.54. The third-order valence-electron chi connectivity index (χ3n) is 7.67. The minimum absolute atomic E-state index is 0.0315. The van der Waals surface area contributed by atoms with Gasteiger partial charge in [0.15, 0.2) is 0 Å². The molecule has 1 fully saturated rings. The number of halogens is 3. The van der Waals surface area contributed by atoms with E-state index in [1.807, 2.05) is 41.8 Å². The lowest BCUT2D eigenvalue weighted by atomic mass is 9.71. The number of anilines is 1. The molecule has 2 N–H and O–H groups in total. The van der Waals surface area contributed by atoms with E-state index in [4.69, 9.17) is 4.74 Å². The molecule has 2 amide bonds. The second kappa shape index (κ2) is 10.0. The average molecular weight is 524 g/mol. The first-order valence-corrected chi connectivity index (χ1v) is 12.4. The van der Waals surface area contributed by atoms with Crippen LogP contribution in [0.1, 0.15) is 6.92 Å². The first kappa shape index (κ1) is 25.6. The molecule has 0 radical (unpaired) electrons. The highest BCUT2D eigenvalue weighted by Crippen LogP contribution is 2.45. The number of fused-ring (bicyclic) bond motifs is 5. The highest BCUT2D eigenvalue weighted by molar-refractivity contribution is 6.06. The molecule has 2 heterocycles. The van der Waals surface area contributed by atoms with E-state index in [0.29, 0.717) is 17.0 Å². The Morgan fingerprint density at radius 3 is 2.39 bits per heavy atom. The molecule has 38 heavy (non-hydrogen) atoms. The second-order valence-electron chi connectivity index (χ2n) is 9.81. The number of hydrogen-bond donors (Lipinski definition) is 2. The number of nitrogens with zero attached hydrogens (tertiary/aromatic N) is 1. The number of benzene rings is 1. The summed E-state index contributed by atoms with van der Waals surface area (Å²) in [5.41, 5.74) is 1.22. The summed E-state index contributed by atoms with van der Waals surface area (Å²) in [6.07, 6.45) is 13.8. The van der Waals surface area contributed by atoms with Crippen molar-refractivity contribution < 1.29 is 27.5 Å². The summed E-state index contributed by atoms with van der Waals surface area (Å²) in [6.45, 7) is 2.14. The zero-order valence-corrected chi connectivity index (χ0v) is 20.9. The van der Waals surface area contributed by atoms with Crippen LogP contribution >= 0.6 is 0 Å². The molecule has 198 valence electrons. The van der Waals surface area contributed by atoms with Gasteiger partial charge in [-0.1, -0.05) is 61.6 Å². The number of carbonyl (C=O) groups excluding carboxylic acids is 2. The normalized spacial score (nSPS) is 29.2. The van der Waals surface area contributed by atoms with E-state index in [2.05, 4.69) is 29.3 Å². The molecule has 1 aromatic carbocycles. The summed E-state index contributed by atoms with van der Waals surface area (Å²) in [5.74, 6) is -1.57. The van der Waals surface area contributed by atoms with Gasteiger partial charge >= 0.3 is 12.1 Å². The fourth-order valence-corrected chi connectivity index (χ4v) is 5.80. The quantitative estimate of drug-likeness (QED) is 0.590. The van der Waals surface area contributed by atoms with Gasteiger partial charge in [0.05, 0.1) is 24.9 Å². The molecule has 1 saturated heterocycles. The predicted molar refractivity (Wildman–Crippen MR) is 138 cm³/mol. The first-order valence-electron chi connectivity index (χ1n) is 12.4. The Morgan fingerprint density at radius 1 is 0.921 bits per heavy atom. The Bertz CT molecular complexity index is 1310. The van der Waals surface area contributed by atoms with Gasteiger partial charge in [0.25, 0.3) is 5.91 Å². The number of para-hydroxylation sites is 2. The third kappa shape index (κ3) is 4.80. The van der Waals surface area contributed by atoms with Crippen LogP contribution in [0, 0.1) is 23.7 Å². The van der Waals surface area contributed by atoms with Crippen LogP contribution in [-0.2, 0) is 9.59 Å². The van der Waals surface area contributed by atoms with Crippen LogP contribution in [0.15, 0.2) is 96.4 Å². The maximum Gasteiger partial charge on any atom is 0.471 e. The molecule has 0 saturated carbocycles. The van der Waals surface area contributed by atoms with Crippen molar-refractivity contribution in [1.82, 2.24) is 10.2 Å². The number of carbonyl (C=O) groups is 2. The number of rotatable bonds is 4. The number of nitrogens with one attached hydrogen (secondary N) is 2. The van der Waals surface area contributed by atoms with Crippen LogP contribution in [0.5, 0.6) is 5.75 Å². The fraction of sp³-hybridized carbons (Fsp3) is 0.310. The van der Waals surface area contributed by atoms with Gasteiger partial charge in [-0.3, -0.25) is 9.59 Å². The molecule has 9 heteroatoms. The van der Waals surface area contributed by atoms with Crippen LogP contribution in [0.2, 0.25) is 0 Å². The minimum atomic E-state index is -4.97. The predicted octanol–water partition coefficient (Wildman–Crippen LogP) is 4.88. The number of allylic oxidation sites excluding steroid dienone is 4. The van der Waals surface area contributed by atoms with E-state index in [9.17, 15) is 22.8 Å². The standard InChI is InChI=1S/C29H28F3N3O3/c1-17-20-7-3-4-8-21(20)25-16-19(33-28(37)29(30,31)32)13-14-35(25)24-12-11-18(15-22(17)24)27(36)34-23-9-5-6-10-26(23)38-2/h3-17,20-22,24-25H,1-2H3,(H,33,37)(H,34,36). The minimum Gasteiger partial charge on any atom is -0.495 e. The summed E-state index contributed by atoms with van der Waals surface area (Å²) < 4.78 is 44.0. The highest BCUT2D eigenvalue weighted by Gasteiger charge is 2.46. The van der Waals surface area contributed by atoms with Gasteiger partial charge < -0.3 is 20.3 Å². The summed E-state index contributed by atoms with van der Waals surface area (Å²) >= 11 is 0. The molecule has 1 aromatic rings. The highest BCUT2D eigenvalue weighted by atomic mass is 19.4. The van der Waals surface area contributed by atoms with E-state index in [1.165, 1.54) is 6.08 Å². The number of ether oxygens (including phenoxy) is 1. The average Bonchev–Trinajstić information content (AvgIpc) is 3.01. The molecule has 0 aromatic heterocycles. The first-order chi connectivity index (χ1) is 18.2. The lowest BCUT2D eigenvalue weighted by molar-refractivity contribution is -0.172. The van der Waals surface area contributed by atoms with Crippen molar-refractivity contribution in [3.63, 3.8) is 0 Å². The zero-order chi connectivity index (χ0) is 27.0. The lowest BCUT2D eigenvalue weighted by Crippen LogP contribution is -2.46. The molecular weight excluding hydrogens is 495 g/mol. The molecule has 0 spiro atoms. The molecular formula is C29H28F3N3O3. The molecule has 6 unspecified atom stereocenters. The van der Waals surface area contributed by atoms with Crippen LogP contribution in [0.25, 0.3) is 0 Å². The molecule has 5 rings (SSSR count). The molecule has 6 atom stereocenters. The smallest absolute Gasteiger partial charge is 0.471 e. The number of amides is 2. The zero-order valence-electron chi connectivity index (χ0n) is 20.9. The van der Waals surface area contributed by atoms with Crippen LogP contribution in [0.3, 0.4) is 0 Å². The van der Waals surface area contributed by atoms with Gasteiger partial charge in [-0.25, -0.2) is 0 Å². The maximum absolute atomic E-state index is 13.2. The topological polar surface area (TPSA) is 70.7 Å². The molecule has 4 aliphatic rings. The van der Waals surface area contributed by atoms with E-state index in [0.717, 1.165) is 0 Å². The third-order valence-corrected chi connectivity index (χ3v) is 7.67. The largest absolute Gasteiger partial charge is 0.495 e. The Kier molecular flexibility index (Phi) is 6.77. The number of alkyl halides is 3. The Hall–Kier alpha value is -4.01. The number of methoxy groups -OCH3 is 1. The lowest BCUT2D eigenvalue weighted by Gasteiger charge is -2.41. The van der Waals surface area contributed by atoms with Gasteiger partial charge in [0.1, 0.15) is 5.75 Å². The SMILES string of the molecule is COc1ccccc1NC(=O)C1=CC2C(C)C3C=CC=CC3C3C=C(NC(=O)C(F)(F)F)C=CN3C2C=C1. The molecule has 2 aliphatic heterocycles. The van der Waals surface area contributed by atoms with Crippen molar-refractivity contribution >= 4 is 17.5 Å². The number of hydrogen-bond acceptors (Lipinski definition) is 4. The molecule has 0 bridgehead atoms. The van der Waals surface area contributed by atoms with E-state index in [1.54, 1.807) is 37.6 Å². The van der Waals surface area contributed by atoms with Crippen LogP contribution in [0.4, 0.5) is 18.9 Å². The second-order valence-corrected chi connectivity index (χ2v) is 9.81. The van der Waals surface area contributed by atoms with Crippen molar-refractivity contribution in [3.05, 3.63) is 96.4 Å². The fourth-order valence-electron chi connectivity index (χ4n) is 5.80. The molecule has 2 aliphatic carbocycles. The van der Waals surface area contributed by atoms with Crippen molar-refractivity contribution in [1.29, 1.82) is 0 Å². The summed E-state index contributed by atoms with van der Waals surface area (Å²) in [4.78, 5) is 26.9. The van der Waals surface area contributed by atoms with Crippen molar-refractivity contribution in [2.24, 2.45) is 23.7 Å². The van der Waals surface area contributed by atoms with Gasteiger partial charge in [0.2, 0.25) is 0 Å². The van der Waals surface area contributed by atoms with Gasteiger partial charge in [-0.2, -0.15) is 13.2 Å². The molecule has 6 nitrogen and oxygen atoms in total. The summed E-state index contributed by atoms with van der Waals surface area (Å²) in [5, 5.41) is 4.92. The van der Waals surface area contributed by atoms with E-state index < -0.39 is 12.1 Å². The van der Waals surface area contributed by atoms with Gasteiger partial charge in [-0.15, -0.1) is 0 Å². The maximum atomic E-state index is 13.2. The summed E-state index contributed by atoms with van der Waals surface area (Å²) in [6, 6.07) is 6.78. The van der Waals surface area contributed by atoms with E-state index >= 15 is 0 Å². The van der Waals surface area contributed by atoms with Crippen molar-refractivity contribution in [2.75, 3.05) is 12.4 Å². The van der Waals surface area contributed by atoms with Gasteiger partial charge in [0, 0.05) is 29.3 Å². The van der Waals surface area contributed by atoms with Crippen LogP contribution < -0.4 is 15.4 Å². The Balaban J connectivity index is 1.44. The van der Waals surface area contributed by atoms with Gasteiger partial charge in [-0.05, 0) is 36.1 Å². The Labute approximate surface area is 218 Å². The van der Waals surface area contributed by atoms with Crippen molar-refractivity contribution in [3.8, 4) is 5.75 Å².